The molecule has 0 saturated carbocycles. The van der Waals surface area contributed by atoms with Crippen LogP contribution in [0, 0.1) is 0 Å². The van der Waals surface area contributed by atoms with Crippen molar-refractivity contribution in [3.63, 3.8) is 0 Å². The van der Waals surface area contributed by atoms with Gasteiger partial charge in [-0.1, -0.05) is 54.2 Å². The number of para-hydroxylation sites is 1. The zero-order valence-corrected chi connectivity index (χ0v) is 11.9. The Hall–Kier alpha value is -2.07. The van der Waals surface area contributed by atoms with Gasteiger partial charge in [-0.2, -0.15) is 0 Å². The van der Waals surface area contributed by atoms with Crippen LogP contribution in [0.4, 0.5) is 5.69 Å². The molecule has 1 aliphatic heterocycles. The van der Waals surface area contributed by atoms with E-state index in [0.29, 0.717) is 0 Å². The Morgan fingerprint density at radius 3 is 2.55 bits per heavy atom. The highest BCUT2D eigenvalue weighted by molar-refractivity contribution is 8.00. The van der Waals surface area contributed by atoms with E-state index in [2.05, 4.69) is 5.32 Å². The third-order valence-corrected chi connectivity index (χ3v) is 4.18. The van der Waals surface area contributed by atoms with Crippen LogP contribution in [0.5, 0.6) is 0 Å². The summed E-state index contributed by atoms with van der Waals surface area (Å²) in [6.07, 6.45) is 0. The molecule has 0 saturated heterocycles. The molecule has 100 valence electrons. The van der Waals surface area contributed by atoms with Crippen molar-refractivity contribution < 1.29 is 4.79 Å². The summed E-state index contributed by atoms with van der Waals surface area (Å²) in [4.78, 5) is 17.2. The first-order chi connectivity index (χ1) is 9.74. The molecule has 1 aliphatic rings. The zero-order valence-electron chi connectivity index (χ0n) is 11.0. The Morgan fingerprint density at radius 1 is 1.10 bits per heavy atom. The molecule has 0 aromatic heterocycles. The molecule has 20 heavy (non-hydrogen) atoms. The van der Waals surface area contributed by atoms with Gasteiger partial charge in [0.15, 0.2) is 0 Å². The van der Waals surface area contributed by atoms with Gasteiger partial charge < -0.3 is 5.32 Å². The van der Waals surface area contributed by atoms with Gasteiger partial charge in [-0.15, -0.1) is 0 Å². The maximum Gasteiger partial charge on any atom is 0.218 e. The second kappa shape index (κ2) is 5.51. The van der Waals surface area contributed by atoms with Crippen LogP contribution in [0.25, 0.3) is 0 Å². The molecule has 1 amide bonds. The highest BCUT2D eigenvalue weighted by Crippen LogP contribution is 2.38. The number of thioether (sulfide) groups is 1. The summed E-state index contributed by atoms with van der Waals surface area (Å²) in [5.41, 5.74) is 2.88. The summed E-state index contributed by atoms with van der Waals surface area (Å²) in [6.45, 7) is 1.53. The summed E-state index contributed by atoms with van der Waals surface area (Å²) in [6, 6.07) is 18.0. The average molecular weight is 282 g/mol. The predicted octanol–water partition coefficient (Wildman–Crippen LogP) is 3.38. The number of hydrogen-bond acceptors (Lipinski definition) is 3. The lowest BCUT2D eigenvalue weighted by atomic mass is 10.1. The highest BCUT2D eigenvalue weighted by Gasteiger charge is 2.25. The van der Waals surface area contributed by atoms with E-state index in [9.17, 15) is 4.79 Å². The van der Waals surface area contributed by atoms with Crippen molar-refractivity contribution in [2.45, 2.75) is 17.2 Å². The number of fused-ring (bicyclic) bond motifs is 1. The topological polar surface area (TPSA) is 41.5 Å². The molecule has 0 fully saturated rings. The molecule has 1 atom stereocenters. The molecule has 2 aromatic carbocycles. The van der Waals surface area contributed by atoms with Gasteiger partial charge in [0.1, 0.15) is 5.37 Å². The van der Waals surface area contributed by atoms with Crippen LogP contribution >= 0.6 is 11.8 Å². The fourth-order valence-corrected chi connectivity index (χ4v) is 3.30. The number of benzene rings is 2. The standard InChI is InChI=1S/C16H14N2OS/c1-11(19)17-16-15(12-7-3-2-4-8-12)18-13-9-5-6-10-14(13)20-16/h2-10,16H,1H3,(H,17,19)/t16-/m0/s1. The van der Waals surface area contributed by atoms with Gasteiger partial charge in [0.05, 0.1) is 11.4 Å². The van der Waals surface area contributed by atoms with Crippen LogP contribution in [0.2, 0.25) is 0 Å². The number of nitrogens with zero attached hydrogens (tertiary/aromatic N) is 1. The highest BCUT2D eigenvalue weighted by atomic mass is 32.2. The molecule has 0 unspecified atom stereocenters. The van der Waals surface area contributed by atoms with E-state index in [1.54, 1.807) is 11.8 Å². The molecule has 3 rings (SSSR count). The van der Waals surface area contributed by atoms with E-state index in [0.717, 1.165) is 21.9 Å². The van der Waals surface area contributed by atoms with Crippen LogP contribution < -0.4 is 5.32 Å². The first-order valence-electron chi connectivity index (χ1n) is 6.41. The number of aliphatic imine (C=N–C) groups is 1. The molecule has 0 radical (unpaired) electrons. The van der Waals surface area contributed by atoms with E-state index in [-0.39, 0.29) is 11.3 Å². The smallest absolute Gasteiger partial charge is 0.218 e. The summed E-state index contributed by atoms with van der Waals surface area (Å²) in [7, 11) is 0. The van der Waals surface area contributed by atoms with Gasteiger partial charge in [0.25, 0.3) is 0 Å². The maximum absolute atomic E-state index is 11.4. The normalized spacial score (nSPS) is 17.1. The third kappa shape index (κ3) is 2.60. The molecule has 0 spiro atoms. The molecule has 4 heteroatoms. The van der Waals surface area contributed by atoms with E-state index < -0.39 is 0 Å². The molecule has 3 nitrogen and oxygen atoms in total. The Morgan fingerprint density at radius 2 is 1.80 bits per heavy atom. The van der Waals surface area contributed by atoms with E-state index in [1.165, 1.54) is 6.92 Å². The van der Waals surface area contributed by atoms with E-state index in [4.69, 9.17) is 4.99 Å². The summed E-state index contributed by atoms with van der Waals surface area (Å²) in [5, 5.41) is 2.82. The largest absolute Gasteiger partial charge is 0.339 e. The van der Waals surface area contributed by atoms with E-state index in [1.807, 2.05) is 54.6 Å². The molecule has 0 bridgehead atoms. The van der Waals surface area contributed by atoms with Crippen LogP contribution in [-0.4, -0.2) is 17.0 Å². The maximum atomic E-state index is 11.4. The number of amides is 1. The van der Waals surface area contributed by atoms with Crippen molar-refractivity contribution in [1.29, 1.82) is 0 Å². The molecule has 1 N–H and O–H groups in total. The molecular formula is C16H14N2OS. The van der Waals surface area contributed by atoms with Crippen LogP contribution in [0.15, 0.2) is 64.5 Å². The van der Waals surface area contributed by atoms with Crippen molar-refractivity contribution in [2.75, 3.05) is 0 Å². The first kappa shape index (κ1) is 12.9. The summed E-state index contributed by atoms with van der Waals surface area (Å²) >= 11 is 1.63. The number of rotatable bonds is 2. The van der Waals surface area contributed by atoms with Gasteiger partial charge in [0, 0.05) is 11.8 Å². The van der Waals surface area contributed by atoms with Gasteiger partial charge >= 0.3 is 0 Å². The zero-order chi connectivity index (χ0) is 13.9. The minimum atomic E-state index is -0.148. The second-order valence-electron chi connectivity index (χ2n) is 4.53. The molecule has 0 aliphatic carbocycles. The minimum Gasteiger partial charge on any atom is -0.339 e. The van der Waals surface area contributed by atoms with Gasteiger partial charge in [-0.3, -0.25) is 4.79 Å². The Bertz CT molecular complexity index is 667. The monoisotopic (exact) mass is 282 g/mol. The van der Waals surface area contributed by atoms with Crippen LogP contribution in [0.3, 0.4) is 0 Å². The van der Waals surface area contributed by atoms with Crippen LogP contribution in [0.1, 0.15) is 12.5 Å². The first-order valence-corrected chi connectivity index (χ1v) is 7.29. The second-order valence-corrected chi connectivity index (χ2v) is 5.68. The van der Waals surface area contributed by atoms with Crippen LogP contribution in [-0.2, 0) is 4.79 Å². The minimum absolute atomic E-state index is 0.0505. The van der Waals surface area contributed by atoms with Gasteiger partial charge in [-0.05, 0) is 17.7 Å². The Kier molecular flexibility index (Phi) is 3.56. The lowest BCUT2D eigenvalue weighted by molar-refractivity contribution is -0.118. The lowest BCUT2D eigenvalue weighted by Gasteiger charge is -2.25. The number of hydrogen-bond donors (Lipinski definition) is 1. The fourth-order valence-electron chi connectivity index (χ4n) is 2.13. The van der Waals surface area contributed by atoms with Gasteiger partial charge in [-0.25, -0.2) is 4.99 Å². The third-order valence-electron chi connectivity index (χ3n) is 3.00. The Labute approximate surface area is 122 Å². The molecular weight excluding hydrogens is 268 g/mol. The SMILES string of the molecule is CC(=O)N[C@H]1Sc2ccccc2N=C1c1ccccc1. The predicted molar refractivity (Wildman–Crippen MR) is 82.5 cm³/mol. The van der Waals surface area contributed by atoms with Crippen molar-refractivity contribution in [1.82, 2.24) is 5.32 Å². The van der Waals surface area contributed by atoms with E-state index >= 15 is 0 Å². The number of carbonyl (C=O) groups is 1. The number of nitrogens with one attached hydrogen (secondary N) is 1. The van der Waals surface area contributed by atoms with Crippen molar-refractivity contribution in [3.05, 3.63) is 60.2 Å². The quantitative estimate of drug-likeness (QED) is 0.917. The van der Waals surface area contributed by atoms with Gasteiger partial charge in [0.2, 0.25) is 5.91 Å². The van der Waals surface area contributed by atoms with Crippen molar-refractivity contribution in [2.24, 2.45) is 4.99 Å². The van der Waals surface area contributed by atoms with Crippen molar-refractivity contribution in [3.8, 4) is 0 Å². The lowest BCUT2D eigenvalue weighted by Crippen LogP contribution is -2.38. The molecule has 2 aromatic rings. The summed E-state index contributed by atoms with van der Waals surface area (Å²) in [5.74, 6) is -0.0505. The van der Waals surface area contributed by atoms with Crippen molar-refractivity contribution >= 4 is 29.1 Å². The average Bonchev–Trinajstić information content (AvgIpc) is 2.47. The fraction of sp³-hybridized carbons (Fsp3) is 0.125. The summed E-state index contributed by atoms with van der Waals surface area (Å²) < 4.78 is 0. The Balaban J connectivity index is 2.06. The number of carbonyl (C=O) groups excluding carboxylic acids is 1. The molecule has 1 heterocycles.